The van der Waals surface area contributed by atoms with Gasteiger partial charge in [-0.25, -0.2) is 0 Å². The number of carbonyl (C=O) groups excluding carboxylic acids is 1. The van der Waals surface area contributed by atoms with Crippen LogP contribution in [0.15, 0.2) is 11.7 Å². The third-order valence-electron chi connectivity index (χ3n) is 3.27. The van der Waals surface area contributed by atoms with Crippen LogP contribution in [0.2, 0.25) is 0 Å². The van der Waals surface area contributed by atoms with Crippen molar-refractivity contribution in [3.8, 4) is 0 Å². The Kier molecular flexibility index (Phi) is 4.12. The third-order valence-corrected chi connectivity index (χ3v) is 4.03. The van der Waals surface area contributed by atoms with Gasteiger partial charge in [-0.2, -0.15) is 0 Å². The minimum absolute atomic E-state index is 0.0205. The summed E-state index contributed by atoms with van der Waals surface area (Å²) in [6, 6.07) is -0.0205. The number of likely N-dealkylation sites (N-methyl/N-ethyl adjacent to an activating group) is 1. The van der Waals surface area contributed by atoms with E-state index in [1.165, 1.54) is 0 Å². The van der Waals surface area contributed by atoms with Crippen molar-refractivity contribution in [3.05, 3.63) is 16.6 Å². The van der Waals surface area contributed by atoms with Crippen LogP contribution in [-0.4, -0.2) is 35.4 Å². The maximum atomic E-state index is 12.3. The van der Waals surface area contributed by atoms with Gasteiger partial charge in [-0.15, -0.1) is 11.3 Å². The van der Waals surface area contributed by atoms with Crippen molar-refractivity contribution in [3.63, 3.8) is 0 Å². The molecular weight excluding hydrogens is 234 g/mol. The lowest BCUT2D eigenvalue weighted by Crippen LogP contribution is -2.43. The number of amides is 1. The number of carbonyl (C=O) groups is 1. The normalized spacial score (nSPS) is 26.0. The molecule has 0 aromatic carbocycles. The molecule has 0 bridgehead atoms. The summed E-state index contributed by atoms with van der Waals surface area (Å²) in [5, 5.41) is 3.12. The molecule has 2 atom stereocenters. The molecule has 1 aliphatic heterocycles. The maximum absolute atomic E-state index is 12.3. The highest BCUT2D eigenvalue weighted by Gasteiger charge is 2.28. The van der Waals surface area contributed by atoms with Crippen LogP contribution in [0.5, 0.6) is 0 Å². The number of nitrogens with one attached hydrogen (secondary N) is 1. The summed E-state index contributed by atoms with van der Waals surface area (Å²) in [5.74, 6) is 0.801. The van der Waals surface area contributed by atoms with Gasteiger partial charge in [0, 0.05) is 17.6 Å². The van der Waals surface area contributed by atoms with Crippen molar-refractivity contribution in [1.29, 1.82) is 0 Å². The second kappa shape index (κ2) is 5.60. The smallest absolute Gasteiger partial charge is 0.240 e. The summed E-state index contributed by atoms with van der Waals surface area (Å²) in [7, 11) is 1.86. The highest BCUT2D eigenvalue weighted by molar-refractivity contribution is 7.09. The molecule has 1 saturated heterocycles. The second-order valence-electron chi connectivity index (χ2n) is 4.71. The molecule has 1 aromatic heterocycles. The van der Waals surface area contributed by atoms with Gasteiger partial charge in [0.15, 0.2) is 0 Å². The van der Waals surface area contributed by atoms with E-state index in [1.54, 1.807) is 11.3 Å². The monoisotopic (exact) mass is 253 g/mol. The number of nitrogens with zero attached hydrogens (tertiary/aromatic N) is 2. The molecule has 1 fully saturated rings. The minimum atomic E-state index is -0.0205. The molecule has 2 unspecified atom stereocenters. The second-order valence-corrected chi connectivity index (χ2v) is 5.68. The zero-order chi connectivity index (χ0) is 12.3. The topological polar surface area (TPSA) is 45.2 Å². The summed E-state index contributed by atoms with van der Waals surface area (Å²) in [5.41, 5.74) is 1.82. The predicted molar refractivity (Wildman–Crippen MR) is 68.8 cm³/mol. The molecule has 0 radical (unpaired) electrons. The fraction of sp³-hybridized carbons (Fsp3) is 0.667. The highest BCUT2D eigenvalue weighted by atomic mass is 32.1. The Morgan fingerprint density at radius 1 is 1.59 bits per heavy atom. The lowest BCUT2D eigenvalue weighted by Gasteiger charge is -2.24. The molecule has 4 nitrogen and oxygen atoms in total. The van der Waals surface area contributed by atoms with E-state index in [9.17, 15) is 4.79 Å². The standard InChI is InChI=1S/C12H19N3OS/c1-9-3-4-11(13-2)12(16)15(6-9)7-10-5-14-8-17-10/h5,8-9,11,13H,3-4,6-7H2,1-2H3. The van der Waals surface area contributed by atoms with Gasteiger partial charge >= 0.3 is 0 Å². The summed E-state index contributed by atoms with van der Waals surface area (Å²) >= 11 is 1.61. The van der Waals surface area contributed by atoms with E-state index in [0.717, 1.165) is 24.3 Å². The molecule has 0 spiro atoms. The van der Waals surface area contributed by atoms with Crippen LogP contribution in [0.25, 0.3) is 0 Å². The number of thiazole rings is 1. The summed E-state index contributed by atoms with van der Waals surface area (Å²) in [4.78, 5) is 19.5. The van der Waals surface area contributed by atoms with E-state index in [1.807, 2.05) is 23.7 Å². The lowest BCUT2D eigenvalue weighted by molar-refractivity contribution is -0.133. The van der Waals surface area contributed by atoms with Gasteiger partial charge in [-0.1, -0.05) is 6.92 Å². The zero-order valence-electron chi connectivity index (χ0n) is 10.3. The number of rotatable bonds is 3. The maximum Gasteiger partial charge on any atom is 0.240 e. The largest absolute Gasteiger partial charge is 0.336 e. The number of aromatic nitrogens is 1. The molecular formula is C12H19N3OS. The first kappa shape index (κ1) is 12.5. The number of likely N-dealkylation sites (tertiary alicyclic amines) is 1. The van der Waals surface area contributed by atoms with Gasteiger partial charge < -0.3 is 10.2 Å². The Bertz CT molecular complexity index is 366. The van der Waals surface area contributed by atoms with E-state index >= 15 is 0 Å². The molecule has 1 aromatic rings. The van der Waals surface area contributed by atoms with Crippen molar-refractivity contribution in [2.24, 2.45) is 5.92 Å². The van der Waals surface area contributed by atoms with Crippen molar-refractivity contribution >= 4 is 17.2 Å². The summed E-state index contributed by atoms with van der Waals surface area (Å²) < 4.78 is 0. The van der Waals surface area contributed by atoms with Crippen LogP contribution >= 0.6 is 11.3 Å². The fourth-order valence-corrected chi connectivity index (χ4v) is 2.88. The average molecular weight is 253 g/mol. The first-order chi connectivity index (χ1) is 8.20. The minimum Gasteiger partial charge on any atom is -0.336 e. The summed E-state index contributed by atoms with van der Waals surface area (Å²) in [6.07, 6.45) is 3.90. The van der Waals surface area contributed by atoms with E-state index in [0.29, 0.717) is 12.5 Å². The van der Waals surface area contributed by atoms with Crippen LogP contribution in [0.3, 0.4) is 0 Å². The Hall–Kier alpha value is -0.940. The molecule has 94 valence electrons. The van der Waals surface area contributed by atoms with Crippen LogP contribution < -0.4 is 5.32 Å². The van der Waals surface area contributed by atoms with Crippen LogP contribution in [0, 0.1) is 5.92 Å². The Labute approximate surface area is 106 Å². The quantitative estimate of drug-likeness (QED) is 0.887. The molecule has 5 heteroatoms. The van der Waals surface area contributed by atoms with Crippen molar-refractivity contribution in [2.45, 2.75) is 32.4 Å². The van der Waals surface area contributed by atoms with Crippen molar-refractivity contribution in [1.82, 2.24) is 15.2 Å². The van der Waals surface area contributed by atoms with E-state index < -0.39 is 0 Å². The van der Waals surface area contributed by atoms with Crippen molar-refractivity contribution in [2.75, 3.05) is 13.6 Å². The van der Waals surface area contributed by atoms with Gasteiger partial charge in [-0.05, 0) is 25.8 Å². The van der Waals surface area contributed by atoms with Crippen LogP contribution in [-0.2, 0) is 11.3 Å². The molecule has 1 amide bonds. The van der Waals surface area contributed by atoms with Gasteiger partial charge in [0.25, 0.3) is 0 Å². The SMILES string of the molecule is CNC1CCC(C)CN(Cc2cncs2)C1=O. The lowest BCUT2D eigenvalue weighted by atomic mass is 10.0. The predicted octanol–water partition coefficient (Wildman–Crippen LogP) is 1.49. The Morgan fingerprint density at radius 3 is 3.06 bits per heavy atom. The fourth-order valence-electron chi connectivity index (χ4n) is 2.27. The molecule has 17 heavy (non-hydrogen) atoms. The van der Waals surface area contributed by atoms with E-state index in [2.05, 4.69) is 17.2 Å². The molecule has 2 heterocycles. The van der Waals surface area contributed by atoms with E-state index in [4.69, 9.17) is 0 Å². The average Bonchev–Trinajstić information content (AvgIpc) is 2.77. The van der Waals surface area contributed by atoms with Crippen LogP contribution in [0.4, 0.5) is 0 Å². The molecule has 0 aliphatic carbocycles. The highest BCUT2D eigenvalue weighted by Crippen LogP contribution is 2.20. The molecule has 2 rings (SSSR count). The van der Waals surface area contributed by atoms with Crippen molar-refractivity contribution < 1.29 is 4.79 Å². The zero-order valence-corrected chi connectivity index (χ0v) is 11.2. The van der Waals surface area contributed by atoms with E-state index in [-0.39, 0.29) is 11.9 Å². The first-order valence-electron chi connectivity index (χ1n) is 6.04. The summed E-state index contributed by atoms with van der Waals surface area (Å²) in [6.45, 7) is 3.77. The Balaban J connectivity index is 2.09. The third kappa shape index (κ3) is 3.04. The van der Waals surface area contributed by atoms with Crippen LogP contribution in [0.1, 0.15) is 24.6 Å². The number of hydrogen-bond acceptors (Lipinski definition) is 4. The van der Waals surface area contributed by atoms with Gasteiger partial charge in [0.2, 0.25) is 5.91 Å². The molecule has 1 aliphatic rings. The molecule has 0 saturated carbocycles. The van der Waals surface area contributed by atoms with Gasteiger partial charge in [-0.3, -0.25) is 9.78 Å². The Morgan fingerprint density at radius 2 is 2.41 bits per heavy atom. The number of hydrogen-bond donors (Lipinski definition) is 1. The van der Waals surface area contributed by atoms with Gasteiger partial charge in [0.05, 0.1) is 18.1 Å². The molecule has 1 N–H and O–H groups in total. The van der Waals surface area contributed by atoms with Gasteiger partial charge in [0.1, 0.15) is 0 Å². The first-order valence-corrected chi connectivity index (χ1v) is 6.92.